The highest BCUT2D eigenvalue weighted by Crippen LogP contribution is 2.44. The number of carboxylic acid groups (broad SMARTS) is 1. The first-order valence-corrected chi connectivity index (χ1v) is 12.4. The lowest BCUT2D eigenvalue weighted by Gasteiger charge is -2.22. The topological polar surface area (TPSA) is 109 Å². The van der Waals surface area contributed by atoms with E-state index in [4.69, 9.17) is 4.74 Å². The van der Waals surface area contributed by atoms with Crippen LogP contribution in [0.2, 0.25) is 0 Å². The van der Waals surface area contributed by atoms with Gasteiger partial charge >= 0.3 is 12.1 Å². The van der Waals surface area contributed by atoms with Crippen LogP contribution < -0.4 is 5.32 Å². The predicted molar refractivity (Wildman–Crippen MR) is 131 cm³/mol. The fourth-order valence-corrected chi connectivity index (χ4v) is 5.74. The summed E-state index contributed by atoms with van der Waals surface area (Å²) in [4.78, 5) is 42.4. The Labute approximate surface area is 206 Å². The van der Waals surface area contributed by atoms with Crippen LogP contribution in [-0.4, -0.2) is 52.2 Å². The van der Waals surface area contributed by atoms with E-state index in [1.165, 1.54) is 11.3 Å². The van der Waals surface area contributed by atoms with Gasteiger partial charge in [0.15, 0.2) is 5.13 Å². The summed E-state index contributed by atoms with van der Waals surface area (Å²) in [5.41, 5.74) is 5.12. The molecule has 2 amide bonds. The number of nitrogens with zero attached hydrogens (tertiary/aromatic N) is 2. The highest BCUT2D eigenvalue weighted by molar-refractivity contribution is 7.13. The third kappa shape index (κ3) is 4.51. The number of carboxylic acids is 1. The number of carbonyl (C=O) groups is 3. The fourth-order valence-electron chi connectivity index (χ4n) is 5.05. The van der Waals surface area contributed by atoms with E-state index >= 15 is 0 Å². The summed E-state index contributed by atoms with van der Waals surface area (Å²) in [5, 5.41) is 14.0. The molecule has 8 nitrogen and oxygen atoms in total. The third-order valence-corrected chi connectivity index (χ3v) is 7.64. The zero-order valence-corrected chi connectivity index (χ0v) is 20.0. The Morgan fingerprint density at radius 1 is 1.11 bits per heavy atom. The normalized spacial score (nSPS) is 18.7. The number of aromatic nitrogens is 1. The van der Waals surface area contributed by atoms with E-state index in [0.29, 0.717) is 23.8 Å². The number of benzene rings is 2. The van der Waals surface area contributed by atoms with Crippen LogP contribution in [0, 0.1) is 5.92 Å². The van der Waals surface area contributed by atoms with E-state index in [1.807, 2.05) is 24.3 Å². The number of nitrogens with one attached hydrogen (secondary N) is 1. The number of hydrogen-bond acceptors (Lipinski definition) is 6. The Kier molecular flexibility index (Phi) is 6.25. The van der Waals surface area contributed by atoms with Gasteiger partial charge in [-0.2, -0.15) is 0 Å². The lowest BCUT2D eigenvalue weighted by Crippen LogP contribution is -2.38. The second-order valence-electron chi connectivity index (χ2n) is 8.83. The van der Waals surface area contributed by atoms with Crippen LogP contribution in [0.25, 0.3) is 11.1 Å². The molecule has 2 atom stereocenters. The number of carbonyl (C=O) groups excluding carboxylic acids is 2. The fraction of sp³-hybridized carbons (Fsp3) is 0.308. The quantitative estimate of drug-likeness (QED) is 0.530. The van der Waals surface area contributed by atoms with Gasteiger partial charge in [0.2, 0.25) is 5.91 Å². The van der Waals surface area contributed by atoms with Gasteiger partial charge in [-0.25, -0.2) is 9.78 Å². The molecule has 1 saturated heterocycles. The van der Waals surface area contributed by atoms with E-state index in [1.54, 1.807) is 17.2 Å². The molecule has 1 aromatic heterocycles. The van der Waals surface area contributed by atoms with Crippen molar-refractivity contribution in [2.24, 2.45) is 5.92 Å². The van der Waals surface area contributed by atoms with Crippen molar-refractivity contribution in [1.29, 1.82) is 0 Å². The molecule has 2 unspecified atom stereocenters. The maximum absolute atomic E-state index is 12.7. The molecule has 2 N–H and O–H groups in total. The van der Waals surface area contributed by atoms with Gasteiger partial charge in [0.05, 0.1) is 18.0 Å². The van der Waals surface area contributed by atoms with Crippen molar-refractivity contribution in [1.82, 2.24) is 9.88 Å². The zero-order valence-electron chi connectivity index (χ0n) is 19.1. The lowest BCUT2D eigenvalue weighted by molar-refractivity contribution is -0.143. The Bertz CT molecular complexity index is 1240. The summed E-state index contributed by atoms with van der Waals surface area (Å²) in [5.74, 6) is -1.62. The lowest BCUT2D eigenvalue weighted by atomic mass is 9.98. The molecule has 3 aromatic rings. The molecule has 1 fully saturated rings. The summed E-state index contributed by atoms with van der Waals surface area (Å²) in [6.45, 7) is 2.38. The largest absolute Gasteiger partial charge is 0.481 e. The first kappa shape index (κ1) is 23.0. The van der Waals surface area contributed by atoms with Crippen molar-refractivity contribution in [3.63, 3.8) is 0 Å². The molecular weight excluding hydrogens is 466 g/mol. The van der Waals surface area contributed by atoms with Crippen LogP contribution in [0.3, 0.4) is 0 Å². The van der Waals surface area contributed by atoms with Crippen LogP contribution in [0.4, 0.5) is 9.93 Å². The van der Waals surface area contributed by atoms with Gasteiger partial charge in [0, 0.05) is 23.9 Å². The van der Waals surface area contributed by atoms with Gasteiger partial charge in [-0.3, -0.25) is 14.9 Å². The molecule has 180 valence electrons. The average Bonchev–Trinajstić information content (AvgIpc) is 3.53. The van der Waals surface area contributed by atoms with Crippen LogP contribution in [-0.2, 0) is 20.7 Å². The van der Waals surface area contributed by atoms with Crippen molar-refractivity contribution in [2.75, 3.05) is 18.5 Å². The van der Waals surface area contributed by atoms with E-state index < -0.39 is 18.0 Å². The number of ether oxygens (including phenoxy) is 1. The van der Waals surface area contributed by atoms with Crippen molar-refractivity contribution >= 4 is 34.4 Å². The molecule has 2 aromatic carbocycles. The SMILES string of the molecule is CC1C(C(=O)O)CCN1C(=O)Cc1csc(NC(=O)OCC2c3ccccc3-c3ccccc32)n1. The number of fused-ring (bicyclic) bond motifs is 3. The first-order chi connectivity index (χ1) is 16.9. The van der Waals surface area contributed by atoms with Crippen molar-refractivity contribution in [2.45, 2.75) is 31.7 Å². The molecule has 0 bridgehead atoms. The summed E-state index contributed by atoms with van der Waals surface area (Å²) in [6, 6.07) is 15.9. The minimum absolute atomic E-state index is 0.0327. The molecule has 0 spiro atoms. The molecule has 1 aliphatic heterocycles. The Hall–Kier alpha value is -3.72. The molecule has 5 rings (SSSR count). The average molecular weight is 492 g/mol. The first-order valence-electron chi connectivity index (χ1n) is 11.5. The number of likely N-dealkylation sites (tertiary alicyclic amines) is 1. The predicted octanol–water partition coefficient (Wildman–Crippen LogP) is 4.37. The summed E-state index contributed by atoms with van der Waals surface area (Å²) >= 11 is 1.22. The molecule has 0 saturated carbocycles. The minimum Gasteiger partial charge on any atom is -0.481 e. The smallest absolute Gasteiger partial charge is 0.413 e. The number of anilines is 1. The standard InChI is InChI=1S/C26H25N3O5S/c1-15-17(24(31)32)10-11-29(15)23(30)12-16-14-35-25(27-16)28-26(33)34-13-22-20-8-4-2-6-18(20)19-7-3-5-9-21(19)22/h2-9,14-15,17,22H,10-13H2,1H3,(H,31,32)(H,27,28,33). The molecule has 2 heterocycles. The summed E-state index contributed by atoms with van der Waals surface area (Å²) in [6.07, 6.45) is -0.0930. The number of hydrogen-bond donors (Lipinski definition) is 2. The molecule has 9 heteroatoms. The summed E-state index contributed by atoms with van der Waals surface area (Å²) in [7, 11) is 0. The summed E-state index contributed by atoms with van der Waals surface area (Å²) < 4.78 is 5.55. The molecule has 35 heavy (non-hydrogen) atoms. The Morgan fingerprint density at radius 2 is 1.77 bits per heavy atom. The monoisotopic (exact) mass is 491 g/mol. The van der Waals surface area contributed by atoms with Crippen LogP contribution in [0.15, 0.2) is 53.9 Å². The van der Waals surface area contributed by atoms with Crippen molar-refractivity contribution in [3.8, 4) is 11.1 Å². The van der Waals surface area contributed by atoms with Gasteiger partial charge in [0.25, 0.3) is 0 Å². The maximum Gasteiger partial charge on any atom is 0.413 e. The van der Waals surface area contributed by atoms with Crippen LogP contribution in [0.1, 0.15) is 36.1 Å². The van der Waals surface area contributed by atoms with Crippen LogP contribution in [0.5, 0.6) is 0 Å². The van der Waals surface area contributed by atoms with E-state index in [9.17, 15) is 19.5 Å². The van der Waals surface area contributed by atoms with Crippen molar-refractivity contribution in [3.05, 3.63) is 70.7 Å². The second-order valence-corrected chi connectivity index (χ2v) is 9.69. The van der Waals surface area contributed by atoms with Gasteiger partial charge < -0.3 is 14.7 Å². The Balaban J connectivity index is 1.17. The number of rotatable bonds is 6. The van der Waals surface area contributed by atoms with E-state index in [0.717, 1.165) is 22.3 Å². The Morgan fingerprint density at radius 3 is 2.40 bits per heavy atom. The van der Waals surface area contributed by atoms with Gasteiger partial charge in [-0.15, -0.1) is 11.3 Å². The molecular formula is C26H25N3O5S. The number of amides is 2. The van der Waals surface area contributed by atoms with Crippen molar-refractivity contribution < 1.29 is 24.2 Å². The molecule has 1 aliphatic carbocycles. The van der Waals surface area contributed by atoms with Gasteiger partial charge in [-0.1, -0.05) is 48.5 Å². The van der Waals surface area contributed by atoms with Gasteiger partial charge in [0.1, 0.15) is 6.61 Å². The minimum atomic E-state index is -0.879. The maximum atomic E-state index is 12.7. The number of aliphatic carboxylic acids is 1. The second kappa shape index (κ2) is 9.50. The highest BCUT2D eigenvalue weighted by Gasteiger charge is 2.38. The van der Waals surface area contributed by atoms with E-state index in [-0.39, 0.29) is 30.9 Å². The van der Waals surface area contributed by atoms with E-state index in [2.05, 4.69) is 34.6 Å². The molecule has 2 aliphatic rings. The number of thiazole rings is 1. The highest BCUT2D eigenvalue weighted by atomic mass is 32.1. The van der Waals surface area contributed by atoms with Crippen LogP contribution >= 0.6 is 11.3 Å². The third-order valence-electron chi connectivity index (χ3n) is 6.83. The molecule has 0 radical (unpaired) electrons. The van der Waals surface area contributed by atoms with Gasteiger partial charge in [-0.05, 0) is 35.6 Å². The zero-order chi connectivity index (χ0) is 24.5.